The van der Waals surface area contributed by atoms with Gasteiger partial charge < -0.3 is 4.74 Å². The number of benzene rings is 1. The predicted molar refractivity (Wildman–Crippen MR) is 54.8 cm³/mol. The van der Waals surface area contributed by atoms with Gasteiger partial charge in [-0.1, -0.05) is 18.6 Å². The van der Waals surface area contributed by atoms with Crippen LogP contribution in [0.5, 0.6) is 5.75 Å². The predicted octanol–water partition coefficient (Wildman–Crippen LogP) is 2.60. The molecular formula is C12H14O2. The molecule has 0 saturated carbocycles. The Hall–Kier alpha value is -1.31. The highest BCUT2D eigenvalue weighted by Crippen LogP contribution is 2.27. The average Bonchev–Trinajstić information content (AvgIpc) is 2.30. The summed E-state index contributed by atoms with van der Waals surface area (Å²) >= 11 is 0. The Labute approximate surface area is 83.9 Å². The SMILES string of the molecule is Cc1ccc2c(c1)C(=O)C(C)CCO2. The van der Waals surface area contributed by atoms with Gasteiger partial charge in [-0.25, -0.2) is 0 Å². The zero-order valence-electron chi connectivity index (χ0n) is 8.54. The molecule has 1 aromatic rings. The lowest BCUT2D eigenvalue weighted by molar-refractivity contribution is 0.0927. The van der Waals surface area contributed by atoms with E-state index in [1.165, 1.54) is 0 Å². The van der Waals surface area contributed by atoms with Crippen molar-refractivity contribution in [2.24, 2.45) is 5.92 Å². The fraction of sp³-hybridized carbons (Fsp3) is 0.417. The van der Waals surface area contributed by atoms with Crippen LogP contribution in [0.3, 0.4) is 0 Å². The van der Waals surface area contributed by atoms with Crippen LogP contribution in [0, 0.1) is 12.8 Å². The van der Waals surface area contributed by atoms with Gasteiger partial charge in [0, 0.05) is 5.92 Å². The van der Waals surface area contributed by atoms with Gasteiger partial charge in [0.1, 0.15) is 5.75 Å². The molecule has 1 unspecified atom stereocenters. The molecule has 0 radical (unpaired) electrons. The molecule has 0 fully saturated rings. The van der Waals surface area contributed by atoms with E-state index in [0.29, 0.717) is 6.61 Å². The first-order chi connectivity index (χ1) is 6.68. The van der Waals surface area contributed by atoms with Crippen molar-refractivity contribution in [3.05, 3.63) is 29.3 Å². The standard InChI is InChI=1S/C12H14O2/c1-8-3-4-11-10(7-8)12(13)9(2)5-6-14-11/h3-4,7,9H,5-6H2,1-2H3. The van der Waals surface area contributed by atoms with Crippen molar-refractivity contribution in [1.29, 1.82) is 0 Å². The molecule has 14 heavy (non-hydrogen) atoms. The Bertz CT molecular complexity index is 369. The second-order valence-electron chi connectivity index (χ2n) is 3.90. The van der Waals surface area contributed by atoms with E-state index in [2.05, 4.69) is 0 Å². The number of carbonyl (C=O) groups is 1. The summed E-state index contributed by atoms with van der Waals surface area (Å²) in [5.74, 6) is 1.03. The molecule has 0 saturated heterocycles. The lowest BCUT2D eigenvalue weighted by atomic mass is 9.96. The minimum Gasteiger partial charge on any atom is -0.493 e. The molecule has 2 heteroatoms. The first-order valence-electron chi connectivity index (χ1n) is 4.96. The molecule has 0 aliphatic carbocycles. The number of carbonyl (C=O) groups excluding carboxylic acids is 1. The van der Waals surface area contributed by atoms with Crippen LogP contribution >= 0.6 is 0 Å². The largest absolute Gasteiger partial charge is 0.493 e. The van der Waals surface area contributed by atoms with Gasteiger partial charge in [-0.2, -0.15) is 0 Å². The summed E-state index contributed by atoms with van der Waals surface area (Å²) in [4.78, 5) is 11.9. The van der Waals surface area contributed by atoms with Crippen molar-refractivity contribution in [2.75, 3.05) is 6.61 Å². The van der Waals surface area contributed by atoms with Crippen molar-refractivity contribution < 1.29 is 9.53 Å². The molecule has 0 N–H and O–H groups in total. The number of ketones is 1. The Morgan fingerprint density at radius 3 is 3.00 bits per heavy atom. The number of hydrogen-bond donors (Lipinski definition) is 0. The fourth-order valence-electron chi connectivity index (χ4n) is 1.70. The highest BCUT2D eigenvalue weighted by molar-refractivity contribution is 6.00. The maximum Gasteiger partial charge on any atom is 0.169 e. The Morgan fingerprint density at radius 2 is 2.21 bits per heavy atom. The fourth-order valence-corrected chi connectivity index (χ4v) is 1.70. The highest BCUT2D eigenvalue weighted by atomic mass is 16.5. The lowest BCUT2D eigenvalue weighted by Crippen LogP contribution is -2.10. The first-order valence-corrected chi connectivity index (χ1v) is 4.96. The number of ether oxygens (including phenoxy) is 1. The maximum atomic E-state index is 11.9. The minimum absolute atomic E-state index is 0.0815. The summed E-state index contributed by atoms with van der Waals surface area (Å²) in [6.45, 7) is 4.59. The van der Waals surface area contributed by atoms with Crippen molar-refractivity contribution in [3.8, 4) is 5.75 Å². The van der Waals surface area contributed by atoms with Crippen LogP contribution < -0.4 is 4.74 Å². The zero-order chi connectivity index (χ0) is 10.1. The van der Waals surface area contributed by atoms with Gasteiger partial charge in [0.05, 0.1) is 12.2 Å². The van der Waals surface area contributed by atoms with Crippen LogP contribution in [0.15, 0.2) is 18.2 Å². The van der Waals surface area contributed by atoms with E-state index in [4.69, 9.17) is 4.74 Å². The van der Waals surface area contributed by atoms with Gasteiger partial charge in [-0.15, -0.1) is 0 Å². The highest BCUT2D eigenvalue weighted by Gasteiger charge is 2.22. The number of hydrogen-bond acceptors (Lipinski definition) is 2. The Kier molecular flexibility index (Phi) is 2.28. The number of Topliss-reactive ketones (excluding diaryl/α,β-unsaturated/α-hetero) is 1. The molecule has 2 rings (SSSR count). The van der Waals surface area contributed by atoms with Crippen LogP contribution in [0.2, 0.25) is 0 Å². The van der Waals surface area contributed by atoms with E-state index in [0.717, 1.165) is 23.3 Å². The third-order valence-electron chi connectivity index (χ3n) is 2.66. The monoisotopic (exact) mass is 190 g/mol. The number of aryl methyl sites for hydroxylation is 1. The quantitative estimate of drug-likeness (QED) is 0.628. The number of fused-ring (bicyclic) bond motifs is 1. The molecule has 74 valence electrons. The second kappa shape index (κ2) is 3.45. The maximum absolute atomic E-state index is 11.9. The summed E-state index contributed by atoms with van der Waals surface area (Å²) in [5, 5.41) is 0. The lowest BCUT2D eigenvalue weighted by Gasteiger charge is -2.06. The van der Waals surface area contributed by atoms with Gasteiger partial charge in [0.2, 0.25) is 0 Å². The first kappa shape index (κ1) is 9.25. The smallest absolute Gasteiger partial charge is 0.169 e. The third kappa shape index (κ3) is 1.52. The summed E-state index contributed by atoms with van der Waals surface area (Å²) in [6.07, 6.45) is 0.812. The average molecular weight is 190 g/mol. The molecule has 0 bridgehead atoms. The molecule has 1 heterocycles. The van der Waals surface area contributed by atoms with Gasteiger partial charge in [-0.05, 0) is 25.5 Å². The molecule has 1 aromatic carbocycles. The van der Waals surface area contributed by atoms with Gasteiger partial charge in [0.25, 0.3) is 0 Å². The normalized spacial score (nSPS) is 21.0. The summed E-state index contributed by atoms with van der Waals surface area (Å²) in [6, 6.07) is 5.78. The molecule has 0 amide bonds. The molecule has 1 aliphatic rings. The number of rotatable bonds is 0. The molecule has 2 nitrogen and oxygen atoms in total. The van der Waals surface area contributed by atoms with E-state index >= 15 is 0 Å². The van der Waals surface area contributed by atoms with E-state index in [1.807, 2.05) is 32.0 Å². The van der Waals surface area contributed by atoms with Gasteiger partial charge >= 0.3 is 0 Å². The topological polar surface area (TPSA) is 26.3 Å². The van der Waals surface area contributed by atoms with E-state index in [-0.39, 0.29) is 11.7 Å². The molecular weight excluding hydrogens is 176 g/mol. The third-order valence-corrected chi connectivity index (χ3v) is 2.66. The molecule has 1 aliphatic heterocycles. The van der Waals surface area contributed by atoms with E-state index < -0.39 is 0 Å². The summed E-state index contributed by atoms with van der Waals surface area (Å²) < 4.78 is 5.52. The van der Waals surface area contributed by atoms with E-state index in [1.54, 1.807) is 0 Å². The molecule has 0 spiro atoms. The van der Waals surface area contributed by atoms with Crippen LogP contribution in [-0.2, 0) is 0 Å². The zero-order valence-corrected chi connectivity index (χ0v) is 8.54. The van der Waals surface area contributed by atoms with Crippen LogP contribution in [0.4, 0.5) is 0 Å². The second-order valence-corrected chi connectivity index (χ2v) is 3.90. The van der Waals surface area contributed by atoms with Crippen molar-refractivity contribution in [2.45, 2.75) is 20.3 Å². The van der Waals surface area contributed by atoms with Crippen LogP contribution in [-0.4, -0.2) is 12.4 Å². The van der Waals surface area contributed by atoms with Gasteiger partial charge in [-0.3, -0.25) is 4.79 Å². The van der Waals surface area contributed by atoms with Crippen molar-refractivity contribution in [1.82, 2.24) is 0 Å². The van der Waals surface area contributed by atoms with Gasteiger partial charge in [0.15, 0.2) is 5.78 Å². The van der Waals surface area contributed by atoms with E-state index in [9.17, 15) is 4.79 Å². The minimum atomic E-state index is 0.0815. The molecule has 1 atom stereocenters. The van der Waals surface area contributed by atoms with Crippen LogP contribution in [0.25, 0.3) is 0 Å². The molecule has 0 aromatic heterocycles. The Balaban J connectivity index is 2.50. The summed E-state index contributed by atoms with van der Waals surface area (Å²) in [5.41, 5.74) is 1.85. The van der Waals surface area contributed by atoms with Crippen molar-refractivity contribution >= 4 is 5.78 Å². The van der Waals surface area contributed by atoms with Crippen LogP contribution in [0.1, 0.15) is 29.3 Å². The van der Waals surface area contributed by atoms with Crippen molar-refractivity contribution in [3.63, 3.8) is 0 Å². The summed E-state index contributed by atoms with van der Waals surface area (Å²) in [7, 11) is 0. The Morgan fingerprint density at radius 1 is 1.43 bits per heavy atom.